The van der Waals surface area contributed by atoms with E-state index in [2.05, 4.69) is 10.3 Å². The van der Waals surface area contributed by atoms with E-state index in [4.69, 9.17) is 5.11 Å². The average molecular weight is 228 g/mol. The molecule has 1 unspecified atom stereocenters. The van der Waals surface area contributed by atoms with E-state index in [1.807, 2.05) is 19.2 Å². The van der Waals surface area contributed by atoms with E-state index in [9.17, 15) is 4.79 Å². The number of nitrogens with one attached hydrogen (secondary N) is 1. The summed E-state index contributed by atoms with van der Waals surface area (Å²) in [5.41, 5.74) is -0.266. The van der Waals surface area contributed by atoms with Gasteiger partial charge in [-0.15, -0.1) is 11.3 Å². The number of carboxylic acid groups (broad SMARTS) is 1. The summed E-state index contributed by atoms with van der Waals surface area (Å²) in [5.74, 6) is -1.17. The summed E-state index contributed by atoms with van der Waals surface area (Å²) in [6, 6.07) is 0. The first-order chi connectivity index (χ1) is 6.93. The van der Waals surface area contributed by atoms with Crippen LogP contribution in [0.4, 0.5) is 0 Å². The lowest BCUT2D eigenvalue weighted by molar-refractivity contribution is -0.141. The van der Waals surface area contributed by atoms with Crippen molar-refractivity contribution in [2.75, 3.05) is 6.54 Å². The second kappa shape index (κ2) is 4.72. The van der Waals surface area contributed by atoms with Gasteiger partial charge in [-0.25, -0.2) is 4.98 Å². The summed E-state index contributed by atoms with van der Waals surface area (Å²) in [6.07, 6.45) is 1.75. The Kier molecular flexibility index (Phi) is 3.82. The average Bonchev–Trinajstić information content (AvgIpc) is 2.67. The smallest absolute Gasteiger partial charge is 0.307 e. The van der Waals surface area contributed by atoms with Gasteiger partial charge in [0, 0.05) is 18.1 Å². The van der Waals surface area contributed by atoms with Crippen molar-refractivity contribution >= 4 is 17.3 Å². The molecule has 0 amide bonds. The van der Waals surface area contributed by atoms with Crippen LogP contribution in [0.15, 0.2) is 11.6 Å². The van der Waals surface area contributed by atoms with E-state index in [-0.39, 0.29) is 11.5 Å². The maximum absolute atomic E-state index is 10.6. The molecular weight excluding hydrogens is 212 g/mol. The molecule has 1 atom stereocenters. The van der Waals surface area contributed by atoms with Crippen LogP contribution >= 0.6 is 11.3 Å². The molecule has 0 aliphatic carbocycles. The van der Waals surface area contributed by atoms with Gasteiger partial charge in [0.05, 0.1) is 11.5 Å². The van der Waals surface area contributed by atoms with Crippen molar-refractivity contribution in [3.05, 3.63) is 16.6 Å². The molecule has 1 aromatic heterocycles. The third kappa shape index (κ3) is 3.28. The SMILES string of the molecule is CC(CNC(C)(C)c1nccs1)C(=O)O. The van der Waals surface area contributed by atoms with Crippen molar-refractivity contribution in [3.8, 4) is 0 Å². The standard InChI is InChI=1S/C10H16N2O2S/c1-7(8(13)14)6-12-10(2,3)9-11-4-5-15-9/h4-5,7,12H,6H2,1-3H3,(H,13,14). The van der Waals surface area contributed by atoms with Crippen LogP contribution in [0.3, 0.4) is 0 Å². The van der Waals surface area contributed by atoms with Gasteiger partial charge in [-0.2, -0.15) is 0 Å². The van der Waals surface area contributed by atoms with Gasteiger partial charge in [-0.1, -0.05) is 6.92 Å². The molecule has 0 saturated heterocycles. The fraction of sp³-hybridized carbons (Fsp3) is 0.600. The van der Waals surface area contributed by atoms with Crippen LogP contribution < -0.4 is 5.32 Å². The molecule has 0 bridgehead atoms. The van der Waals surface area contributed by atoms with Gasteiger partial charge in [0.15, 0.2) is 0 Å². The summed E-state index contributed by atoms with van der Waals surface area (Å²) in [5, 5.41) is 14.9. The number of hydrogen-bond donors (Lipinski definition) is 2. The van der Waals surface area contributed by atoms with Gasteiger partial charge in [-0.3, -0.25) is 4.79 Å². The largest absolute Gasteiger partial charge is 0.481 e. The summed E-state index contributed by atoms with van der Waals surface area (Å²) in [7, 11) is 0. The number of hydrogen-bond acceptors (Lipinski definition) is 4. The predicted octanol–water partition coefficient (Wildman–Crippen LogP) is 1.69. The molecule has 5 heteroatoms. The number of thiazole rings is 1. The maximum atomic E-state index is 10.6. The first kappa shape index (κ1) is 12.1. The molecule has 0 fully saturated rings. The summed E-state index contributed by atoms with van der Waals surface area (Å²) >= 11 is 1.57. The third-order valence-corrected chi connectivity index (χ3v) is 3.34. The van der Waals surface area contributed by atoms with Crippen molar-refractivity contribution in [1.82, 2.24) is 10.3 Å². The van der Waals surface area contributed by atoms with E-state index >= 15 is 0 Å². The first-order valence-electron chi connectivity index (χ1n) is 4.81. The molecule has 4 nitrogen and oxygen atoms in total. The molecule has 0 aromatic carbocycles. The molecule has 0 aliphatic rings. The fourth-order valence-electron chi connectivity index (χ4n) is 1.10. The van der Waals surface area contributed by atoms with Crippen molar-refractivity contribution in [3.63, 3.8) is 0 Å². The molecule has 0 saturated carbocycles. The molecule has 1 rings (SSSR count). The van der Waals surface area contributed by atoms with Gasteiger partial charge in [0.2, 0.25) is 0 Å². The Morgan fingerprint density at radius 1 is 1.73 bits per heavy atom. The molecule has 0 radical (unpaired) electrons. The van der Waals surface area contributed by atoms with E-state index in [1.165, 1.54) is 0 Å². The second-order valence-corrected chi connectivity index (χ2v) is 4.98. The zero-order valence-corrected chi connectivity index (χ0v) is 9.97. The Bertz CT molecular complexity index is 322. The highest BCUT2D eigenvalue weighted by Crippen LogP contribution is 2.21. The third-order valence-electron chi connectivity index (χ3n) is 2.24. The Balaban J connectivity index is 2.54. The topological polar surface area (TPSA) is 62.2 Å². The predicted molar refractivity (Wildman–Crippen MR) is 59.9 cm³/mol. The van der Waals surface area contributed by atoms with Crippen LogP contribution in [-0.4, -0.2) is 22.6 Å². The lowest BCUT2D eigenvalue weighted by atomic mass is 10.1. The molecular formula is C10H16N2O2S. The van der Waals surface area contributed by atoms with E-state index in [1.54, 1.807) is 24.5 Å². The quantitative estimate of drug-likeness (QED) is 0.805. The van der Waals surface area contributed by atoms with Gasteiger partial charge < -0.3 is 10.4 Å². The van der Waals surface area contributed by atoms with E-state index in [0.717, 1.165) is 5.01 Å². The summed E-state index contributed by atoms with van der Waals surface area (Å²) in [4.78, 5) is 14.9. The lowest BCUT2D eigenvalue weighted by Gasteiger charge is -2.24. The molecule has 0 spiro atoms. The zero-order valence-electron chi connectivity index (χ0n) is 9.15. The number of carbonyl (C=O) groups is 1. The molecule has 1 heterocycles. The normalized spacial score (nSPS) is 13.8. The molecule has 15 heavy (non-hydrogen) atoms. The minimum Gasteiger partial charge on any atom is -0.481 e. The van der Waals surface area contributed by atoms with Crippen molar-refractivity contribution in [1.29, 1.82) is 0 Å². The Morgan fingerprint density at radius 2 is 2.40 bits per heavy atom. The zero-order chi connectivity index (χ0) is 11.5. The van der Waals surface area contributed by atoms with Crippen LogP contribution in [0.2, 0.25) is 0 Å². The lowest BCUT2D eigenvalue weighted by Crippen LogP contribution is -2.40. The first-order valence-corrected chi connectivity index (χ1v) is 5.69. The minimum absolute atomic E-state index is 0.266. The highest BCUT2D eigenvalue weighted by atomic mass is 32.1. The van der Waals surface area contributed by atoms with Gasteiger partial charge in [-0.05, 0) is 13.8 Å². The highest BCUT2D eigenvalue weighted by molar-refractivity contribution is 7.09. The number of carboxylic acids is 1. The number of rotatable bonds is 5. The minimum atomic E-state index is -0.780. The fourth-order valence-corrected chi connectivity index (χ4v) is 1.84. The van der Waals surface area contributed by atoms with E-state index < -0.39 is 5.97 Å². The summed E-state index contributed by atoms with van der Waals surface area (Å²) < 4.78 is 0. The van der Waals surface area contributed by atoms with E-state index in [0.29, 0.717) is 6.54 Å². The molecule has 0 aliphatic heterocycles. The van der Waals surface area contributed by atoms with Crippen LogP contribution in [0.5, 0.6) is 0 Å². The van der Waals surface area contributed by atoms with Crippen molar-refractivity contribution < 1.29 is 9.90 Å². The van der Waals surface area contributed by atoms with Gasteiger partial charge in [0.1, 0.15) is 5.01 Å². The molecule has 1 aromatic rings. The molecule has 2 N–H and O–H groups in total. The Labute approximate surface area is 93.4 Å². The van der Waals surface area contributed by atoms with Gasteiger partial charge in [0.25, 0.3) is 0 Å². The van der Waals surface area contributed by atoms with Crippen LogP contribution in [0, 0.1) is 5.92 Å². The van der Waals surface area contributed by atoms with Crippen molar-refractivity contribution in [2.45, 2.75) is 26.3 Å². The van der Waals surface area contributed by atoms with Crippen molar-refractivity contribution in [2.24, 2.45) is 5.92 Å². The second-order valence-electron chi connectivity index (χ2n) is 4.08. The Morgan fingerprint density at radius 3 is 2.87 bits per heavy atom. The maximum Gasteiger partial charge on any atom is 0.307 e. The number of aromatic nitrogens is 1. The monoisotopic (exact) mass is 228 g/mol. The number of nitrogens with zero attached hydrogens (tertiary/aromatic N) is 1. The van der Waals surface area contributed by atoms with Gasteiger partial charge >= 0.3 is 5.97 Å². The van der Waals surface area contributed by atoms with Crippen LogP contribution in [0.1, 0.15) is 25.8 Å². The summed E-state index contributed by atoms with van der Waals surface area (Å²) in [6.45, 7) is 6.13. The highest BCUT2D eigenvalue weighted by Gasteiger charge is 2.24. The van der Waals surface area contributed by atoms with Crippen LogP contribution in [0.25, 0.3) is 0 Å². The molecule has 84 valence electrons. The number of aliphatic carboxylic acids is 1. The van der Waals surface area contributed by atoms with Crippen LogP contribution in [-0.2, 0) is 10.3 Å². The Hall–Kier alpha value is -0.940.